The highest BCUT2D eigenvalue weighted by molar-refractivity contribution is 6.07. The molecule has 1 aliphatic rings. The quantitative estimate of drug-likeness (QED) is 0.416. The van der Waals surface area contributed by atoms with Gasteiger partial charge in [-0.3, -0.25) is 4.79 Å². The van der Waals surface area contributed by atoms with Crippen LogP contribution in [0, 0.1) is 5.82 Å². The zero-order valence-electron chi connectivity index (χ0n) is 18.2. The van der Waals surface area contributed by atoms with Crippen LogP contribution in [-0.2, 0) is 0 Å². The van der Waals surface area contributed by atoms with E-state index in [2.05, 4.69) is 25.2 Å². The van der Waals surface area contributed by atoms with Gasteiger partial charge < -0.3 is 9.80 Å². The Kier molecular flexibility index (Phi) is 4.87. The lowest BCUT2D eigenvalue weighted by Crippen LogP contribution is -2.49. The standard InChI is InChI=1S/C25H20FN7O/c26-18-7-4-8-19(15-18)33-24-22(29-30-33)23(27-16-28-24)31-11-13-32(14-12-31)25(34)21-10-3-6-17-5-1-2-9-20(17)21/h1-10,15-16H,11-14H2. The summed E-state index contributed by atoms with van der Waals surface area (Å²) in [6, 6.07) is 19.9. The van der Waals surface area contributed by atoms with E-state index in [0.29, 0.717) is 54.4 Å². The number of anilines is 1. The number of aromatic nitrogens is 5. The molecule has 34 heavy (non-hydrogen) atoms. The van der Waals surface area contributed by atoms with Gasteiger partial charge in [-0.25, -0.2) is 14.4 Å². The molecule has 3 heterocycles. The summed E-state index contributed by atoms with van der Waals surface area (Å²) in [5.74, 6) is 0.327. The number of halogens is 1. The maximum absolute atomic E-state index is 13.7. The number of amides is 1. The molecule has 8 nitrogen and oxygen atoms in total. The second-order valence-electron chi connectivity index (χ2n) is 8.16. The number of hydrogen-bond donors (Lipinski definition) is 0. The van der Waals surface area contributed by atoms with Gasteiger partial charge in [0.15, 0.2) is 17.0 Å². The van der Waals surface area contributed by atoms with E-state index in [-0.39, 0.29) is 11.7 Å². The fourth-order valence-electron chi connectivity index (χ4n) is 4.45. The van der Waals surface area contributed by atoms with Crippen molar-refractivity contribution >= 4 is 33.7 Å². The Morgan fingerprint density at radius 2 is 1.68 bits per heavy atom. The Morgan fingerprint density at radius 3 is 2.53 bits per heavy atom. The SMILES string of the molecule is O=C(c1cccc2ccccc12)N1CCN(c2ncnc3c2nnn3-c2cccc(F)c2)CC1. The second kappa shape index (κ2) is 8.18. The predicted molar refractivity (Wildman–Crippen MR) is 126 cm³/mol. The third-order valence-corrected chi connectivity index (χ3v) is 6.16. The molecule has 168 valence electrons. The van der Waals surface area contributed by atoms with Crippen molar-refractivity contribution in [2.24, 2.45) is 0 Å². The third-order valence-electron chi connectivity index (χ3n) is 6.16. The van der Waals surface area contributed by atoms with Crippen LogP contribution in [0.2, 0.25) is 0 Å². The molecule has 0 spiro atoms. The summed E-state index contributed by atoms with van der Waals surface area (Å²) >= 11 is 0. The number of hydrogen-bond acceptors (Lipinski definition) is 6. The van der Waals surface area contributed by atoms with Gasteiger partial charge in [-0.1, -0.05) is 47.7 Å². The molecule has 1 aliphatic heterocycles. The van der Waals surface area contributed by atoms with Gasteiger partial charge in [0.05, 0.1) is 5.69 Å². The van der Waals surface area contributed by atoms with Crippen LogP contribution in [0.3, 0.4) is 0 Å². The van der Waals surface area contributed by atoms with Crippen LogP contribution in [-0.4, -0.2) is 61.9 Å². The van der Waals surface area contributed by atoms with E-state index in [1.165, 1.54) is 23.1 Å². The highest BCUT2D eigenvalue weighted by atomic mass is 19.1. The van der Waals surface area contributed by atoms with Gasteiger partial charge in [-0.05, 0) is 35.0 Å². The van der Waals surface area contributed by atoms with Crippen molar-refractivity contribution in [3.63, 3.8) is 0 Å². The van der Waals surface area contributed by atoms with Crippen molar-refractivity contribution < 1.29 is 9.18 Å². The maximum Gasteiger partial charge on any atom is 0.254 e. The molecular weight excluding hydrogens is 433 g/mol. The van der Waals surface area contributed by atoms with E-state index in [4.69, 9.17) is 0 Å². The van der Waals surface area contributed by atoms with Crippen molar-refractivity contribution in [2.75, 3.05) is 31.1 Å². The van der Waals surface area contributed by atoms with E-state index >= 15 is 0 Å². The molecule has 0 bridgehead atoms. The molecule has 0 unspecified atom stereocenters. The van der Waals surface area contributed by atoms with Gasteiger partial charge in [0.25, 0.3) is 5.91 Å². The lowest BCUT2D eigenvalue weighted by Gasteiger charge is -2.35. The monoisotopic (exact) mass is 453 g/mol. The molecule has 3 aromatic carbocycles. The first kappa shape index (κ1) is 20.2. The number of nitrogens with zero attached hydrogens (tertiary/aromatic N) is 7. The van der Waals surface area contributed by atoms with Gasteiger partial charge in [-0.15, -0.1) is 5.10 Å². The molecule has 0 aliphatic carbocycles. The summed E-state index contributed by atoms with van der Waals surface area (Å²) in [5.41, 5.74) is 2.30. The van der Waals surface area contributed by atoms with E-state index in [1.807, 2.05) is 47.4 Å². The zero-order chi connectivity index (χ0) is 23.1. The van der Waals surface area contributed by atoms with Crippen LogP contribution in [0.4, 0.5) is 10.2 Å². The number of carbonyl (C=O) groups excluding carboxylic acids is 1. The predicted octanol–water partition coefficient (Wildman–Crippen LogP) is 3.47. The molecule has 2 aromatic heterocycles. The molecule has 6 rings (SSSR count). The normalized spacial score (nSPS) is 14.1. The number of rotatable bonds is 3. The van der Waals surface area contributed by atoms with Crippen LogP contribution in [0.5, 0.6) is 0 Å². The summed E-state index contributed by atoms with van der Waals surface area (Å²) in [6.07, 6.45) is 1.46. The Hall–Kier alpha value is -4.40. The summed E-state index contributed by atoms with van der Waals surface area (Å²) in [7, 11) is 0. The fourth-order valence-corrected chi connectivity index (χ4v) is 4.45. The van der Waals surface area contributed by atoms with Crippen molar-refractivity contribution in [1.29, 1.82) is 0 Å². The Bertz CT molecular complexity index is 1520. The number of carbonyl (C=O) groups is 1. The largest absolute Gasteiger partial charge is 0.351 e. The molecule has 0 saturated carbocycles. The number of fused-ring (bicyclic) bond motifs is 2. The van der Waals surface area contributed by atoms with Crippen molar-refractivity contribution in [2.45, 2.75) is 0 Å². The first-order chi connectivity index (χ1) is 16.7. The Labute approximate surface area is 194 Å². The Balaban J connectivity index is 1.24. The lowest BCUT2D eigenvalue weighted by atomic mass is 10.0. The molecule has 0 N–H and O–H groups in total. The maximum atomic E-state index is 13.7. The second-order valence-corrected chi connectivity index (χ2v) is 8.16. The van der Waals surface area contributed by atoms with Crippen LogP contribution in [0.25, 0.3) is 27.6 Å². The third kappa shape index (κ3) is 3.42. The first-order valence-electron chi connectivity index (χ1n) is 11.0. The summed E-state index contributed by atoms with van der Waals surface area (Å²) in [4.78, 5) is 26.0. The molecule has 0 atom stereocenters. The average molecular weight is 453 g/mol. The smallest absolute Gasteiger partial charge is 0.254 e. The van der Waals surface area contributed by atoms with E-state index < -0.39 is 0 Å². The zero-order valence-corrected chi connectivity index (χ0v) is 18.2. The number of piperazine rings is 1. The molecule has 1 amide bonds. The highest BCUT2D eigenvalue weighted by Crippen LogP contribution is 2.25. The van der Waals surface area contributed by atoms with E-state index in [0.717, 1.165) is 10.8 Å². The molecule has 0 radical (unpaired) electrons. The summed E-state index contributed by atoms with van der Waals surface area (Å²) in [5, 5.41) is 10.5. The van der Waals surface area contributed by atoms with E-state index in [1.54, 1.807) is 12.1 Å². The van der Waals surface area contributed by atoms with Crippen LogP contribution >= 0.6 is 0 Å². The van der Waals surface area contributed by atoms with Crippen molar-refractivity contribution in [1.82, 2.24) is 29.9 Å². The number of benzene rings is 3. The minimum Gasteiger partial charge on any atom is -0.351 e. The van der Waals surface area contributed by atoms with Crippen molar-refractivity contribution in [3.05, 3.63) is 84.4 Å². The van der Waals surface area contributed by atoms with Crippen molar-refractivity contribution in [3.8, 4) is 5.69 Å². The first-order valence-corrected chi connectivity index (χ1v) is 11.0. The minimum atomic E-state index is -0.359. The molecule has 1 saturated heterocycles. The van der Waals surface area contributed by atoms with Crippen LogP contribution < -0.4 is 4.90 Å². The molecule has 9 heteroatoms. The Morgan fingerprint density at radius 1 is 0.882 bits per heavy atom. The minimum absolute atomic E-state index is 0.0290. The summed E-state index contributed by atoms with van der Waals surface area (Å²) < 4.78 is 15.2. The van der Waals surface area contributed by atoms with Crippen LogP contribution in [0.15, 0.2) is 73.1 Å². The van der Waals surface area contributed by atoms with Gasteiger partial charge in [0, 0.05) is 31.7 Å². The van der Waals surface area contributed by atoms with Gasteiger partial charge >= 0.3 is 0 Å². The van der Waals surface area contributed by atoms with Gasteiger partial charge in [-0.2, -0.15) is 4.68 Å². The molecular formula is C25H20FN7O. The van der Waals surface area contributed by atoms with Gasteiger partial charge in [0.1, 0.15) is 12.1 Å². The molecule has 1 fully saturated rings. The lowest BCUT2D eigenvalue weighted by molar-refractivity contribution is 0.0748. The van der Waals surface area contributed by atoms with Crippen LogP contribution in [0.1, 0.15) is 10.4 Å². The highest BCUT2D eigenvalue weighted by Gasteiger charge is 2.26. The average Bonchev–Trinajstić information content (AvgIpc) is 3.32. The fraction of sp³-hybridized carbons (Fsp3) is 0.160. The molecule has 5 aromatic rings. The van der Waals surface area contributed by atoms with E-state index in [9.17, 15) is 9.18 Å². The topological polar surface area (TPSA) is 80.0 Å². The summed E-state index contributed by atoms with van der Waals surface area (Å²) in [6.45, 7) is 2.34. The van der Waals surface area contributed by atoms with Gasteiger partial charge in [0.2, 0.25) is 0 Å².